The molecule has 6 rings (SSSR count). The van der Waals surface area contributed by atoms with Crippen molar-refractivity contribution in [2.45, 2.75) is 51.7 Å². The van der Waals surface area contributed by atoms with Crippen LogP contribution in [0.5, 0.6) is 6.01 Å². The average Bonchev–Trinajstić information content (AvgIpc) is 3.81. The molecular formula is C34H39N7O9. The number of esters is 2. The number of ether oxygens (including phenoxy) is 4. The number of imidazole rings is 1. The number of aromatic nitrogens is 2. The SMILES string of the molecule is CCOc1nc2cccc(C(=O)OC(C)OC(=O)[C@@H]3C[C@H](OC)[C@@H](ON(O)O)C3)c2n1Cc1ccc(-c2ccccc2C2=NNN(C)N2)cc1. The normalized spacial score (nSPS) is 19.6. The van der Waals surface area contributed by atoms with Crippen molar-refractivity contribution in [3.05, 3.63) is 83.4 Å². The number of amidine groups is 1. The molecule has 2 aliphatic rings. The average molecular weight is 690 g/mol. The lowest BCUT2D eigenvalue weighted by atomic mass is 9.98. The summed E-state index contributed by atoms with van der Waals surface area (Å²) in [4.78, 5) is 36.0. The molecule has 3 aromatic carbocycles. The van der Waals surface area contributed by atoms with Gasteiger partial charge in [0.2, 0.25) is 6.29 Å². The molecule has 1 aliphatic heterocycles. The van der Waals surface area contributed by atoms with Crippen molar-refractivity contribution in [1.29, 1.82) is 0 Å². The maximum absolute atomic E-state index is 13.6. The van der Waals surface area contributed by atoms with Crippen LogP contribution in [0.4, 0.5) is 0 Å². The number of fused-ring (bicyclic) bond motifs is 1. The zero-order valence-corrected chi connectivity index (χ0v) is 28.0. The quantitative estimate of drug-likeness (QED) is 0.0908. The van der Waals surface area contributed by atoms with Gasteiger partial charge in [0, 0.05) is 26.6 Å². The van der Waals surface area contributed by atoms with Gasteiger partial charge < -0.3 is 18.9 Å². The van der Waals surface area contributed by atoms with E-state index in [0.29, 0.717) is 36.0 Å². The van der Waals surface area contributed by atoms with Crippen molar-refractivity contribution in [2.24, 2.45) is 11.0 Å². The Morgan fingerprint density at radius 1 is 1.00 bits per heavy atom. The van der Waals surface area contributed by atoms with Crippen LogP contribution < -0.4 is 15.7 Å². The number of hydrazone groups is 1. The van der Waals surface area contributed by atoms with Crippen LogP contribution in [-0.2, 0) is 30.4 Å². The van der Waals surface area contributed by atoms with E-state index in [-0.39, 0.29) is 18.4 Å². The second kappa shape index (κ2) is 15.2. The monoisotopic (exact) mass is 689 g/mol. The third-order valence-corrected chi connectivity index (χ3v) is 8.47. The summed E-state index contributed by atoms with van der Waals surface area (Å²) in [5.41, 5.74) is 11.2. The Balaban J connectivity index is 1.19. The number of hydrogen-bond acceptors (Lipinski definition) is 15. The highest BCUT2D eigenvalue weighted by molar-refractivity contribution is 6.04. The van der Waals surface area contributed by atoms with Crippen LogP contribution in [0.15, 0.2) is 71.8 Å². The fourth-order valence-corrected chi connectivity index (χ4v) is 6.21. The molecule has 0 bridgehead atoms. The van der Waals surface area contributed by atoms with Crippen LogP contribution >= 0.6 is 0 Å². The van der Waals surface area contributed by atoms with Crippen molar-refractivity contribution < 1.29 is 43.8 Å². The molecular weight excluding hydrogens is 650 g/mol. The molecule has 50 heavy (non-hydrogen) atoms. The summed E-state index contributed by atoms with van der Waals surface area (Å²) < 4.78 is 24.1. The molecule has 1 unspecified atom stereocenters. The number of hydrazine groups is 2. The van der Waals surface area contributed by atoms with Crippen LogP contribution in [0.1, 0.15) is 48.2 Å². The maximum atomic E-state index is 13.6. The number of hydrogen-bond donors (Lipinski definition) is 4. The second-order valence-corrected chi connectivity index (χ2v) is 11.8. The summed E-state index contributed by atoms with van der Waals surface area (Å²) in [7, 11) is 3.26. The highest BCUT2D eigenvalue weighted by Crippen LogP contribution is 2.33. The van der Waals surface area contributed by atoms with Crippen LogP contribution in [0.2, 0.25) is 0 Å². The summed E-state index contributed by atoms with van der Waals surface area (Å²) in [6.45, 7) is 4.01. The molecule has 16 nitrogen and oxygen atoms in total. The fourth-order valence-electron chi connectivity index (χ4n) is 6.21. The van der Waals surface area contributed by atoms with Gasteiger partial charge >= 0.3 is 11.9 Å². The first-order chi connectivity index (χ1) is 24.1. The number of rotatable bonds is 13. The van der Waals surface area contributed by atoms with E-state index in [1.807, 2.05) is 67.1 Å². The Hall–Kier alpha value is -5.10. The van der Waals surface area contributed by atoms with E-state index in [1.54, 1.807) is 23.3 Å². The Kier molecular flexibility index (Phi) is 10.6. The first-order valence-electron chi connectivity index (χ1n) is 16.1. The number of benzene rings is 3. The number of nitrogens with one attached hydrogen (secondary N) is 2. The maximum Gasteiger partial charge on any atom is 0.343 e. The Bertz CT molecular complexity index is 1860. The highest BCUT2D eigenvalue weighted by atomic mass is 17.1. The summed E-state index contributed by atoms with van der Waals surface area (Å²) in [6, 6.07) is 21.5. The molecule has 0 radical (unpaired) electrons. The number of para-hydroxylation sites is 1. The Morgan fingerprint density at radius 3 is 2.42 bits per heavy atom. The number of carbonyl (C=O) groups excluding carboxylic acids is 2. The van der Waals surface area contributed by atoms with E-state index < -0.39 is 41.7 Å². The molecule has 1 aliphatic carbocycles. The molecule has 4 aromatic rings. The first-order valence-corrected chi connectivity index (χ1v) is 16.1. The van der Waals surface area contributed by atoms with E-state index in [1.165, 1.54) is 14.0 Å². The van der Waals surface area contributed by atoms with Crippen molar-refractivity contribution in [3.63, 3.8) is 0 Å². The van der Waals surface area contributed by atoms with Gasteiger partial charge in [-0.3, -0.25) is 25.2 Å². The molecule has 264 valence electrons. The topological polar surface area (TPSA) is 181 Å². The van der Waals surface area contributed by atoms with Crippen molar-refractivity contribution in [1.82, 2.24) is 31.0 Å². The highest BCUT2D eigenvalue weighted by Gasteiger charge is 2.41. The lowest BCUT2D eigenvalue weighted by molar-refractivity contribution is -0.507. The molecule has 1 saturated carbocycles. The van der Waals surface area contributed by atoms with E-state index in [0.717, 1.165) is 22.3 Å². The summed E-state index contributed by atoms with van der Waals surface area (Å²) in [6.07, 6.45) is -2.23. The van der Waals surface area contributed by atoms with Gasteiger partial charge in [-0.2, -0.15) is 4.98 Å². The lowest BCUT2D eigenvalue weighted by Gasteiger charge is -2.18. The van der Waals surface area contributed by atoms with E-state index in [2.05, 4.69) is 21.0 Å². The van der Waals surface area contributed by atoms with Crippen molar-refractivity contribution in [3.8, 4) is 17.1 Å². The van der Waals surface area contributed by atoms with Crippen molar-refractivity contribution in [2.75, 3.05) is 20.8 Å². The molecule has 2 heterocycles. The predicted octanol–water partition coefficient (Wildman–Crippen LogP) is 3.62. The summed E-state index contributed by atoms with van der Waals surface area (Å²) in [5.74, 6) is -1.31. The molecule has 4 atom stereocenters. The van der Waals surface area contributed by atoms with E-state index in [4.69, 9.17) is 34.2 Å². The van der Waals surface area contributed by atoms with Gasteiger partial charge in [0.05, 0.1) is 47.2 Å². The summed E-state index contributed by atoms with van der Waals surface area (Å²) in [5, 5.41) is 23.7. The van der Waals surface area contributed by atoms with E-state index in [9.17, 15) is 9.59 Å². The zero-order valence-electron chi connectivity index (χ0n) is 28.0. The minimum absolute atomic E-state index is 0.114. The molecule has 0 spiro atoms. The molecule has 1 aromatic heterocycles. The Morgan fingerprint density at radius 2 is 1.74 bits per heavy atom. The third kappa shape index (κ3) is 7.55. The minimum Gasteiger partial charge on any atom is -0.465 e. The smallest absolute Gasteiger partial charge is 0.343 e. The standard InChI is InChI=1S/C34H39N7O9/c1-5-47-34-35-27-12-8-11-26(33(43)49-20(2)48-32(42)23-17-28(46-4)29(18-23)50-41(44)45)30(27)40(34)19-21-13-15-22(16-14-21)24-9-6-7-10-25(24)31-36-38-39(3)37-31/h6-16,20,23,28-29,38,44-45H,5,17-19H2,1-4H3,(H,36,37)/t20?,23-,28+,29+/m1/s1. The van der Waals surface area contributed by atoms with Crippen LogP contribution in [0.3, 0.4) is 0 Å². The van der Waals surface area contributed by atoms with Crippen LogP contribution in [0.25, 0.3) is 22.2 Å². The largest absolute Gasteiger partial charge is 0.465 e. The molecule has 0 saturated heterocycles. The van der Waals surface area contributed by atoms with Gasteiger partial charge in [0.25, 0.3) is 6.01 Å². The second-order valence-electron chi connectivity index (χ2n) is 11.8. The Labute approximate surface area is 287 Å². The number of methoxy groups -OCH3 is 1. The number of carbonyl (C=O) groups is 2. The van der Waals surface area contributed by atoms with Gasteiger partial charge in [-0.05, 0) is 48.6 Å². The van der Waals surface area contributed by atoms with Gasteiger partial charge in [-0.1, -0.05) is 54.6 Å². The van der Waals surface area contributed by atoms with Crippen molar-refractivity contribution >= 4 is 28.8 Å². The van der Waals surface area contributed by atoms with Gasteiger partial charge in [-0.15, -0.1) is 10.2 Å². The van der Waals surface area contributed by atoms with Gasteiger partial charge in [-0.25, -0.2) is 15.2 Å². The third-order valence-electron chi connectivity index (χ3n) is 8.47. The minimum atomic E-state index is -1.22. The number of nitrogens with zero attached hydrogens (tertiary/aromatic N) is 5. The van der Waals surface area contributed by atoms with Gasteiger partial charge in [0.15, 0.2) is 5.84 Å². The van der Waals surface area contributed by atoms with Crippen LogP contribution in [0, 0.1) is 5.92 Å². The zero-order chi connectivity index (χ0) is 35.4. The molecule has 4 N–H and O–H groups in total. The summed E-state index contributed by atoms with van der Waals surface area (Å²) >= 11 is 0. The molecule has 16 heteroatoms. The van der Waals surface area contributed by atoms with Crippen LogP contribution in [-0.4, -0.2) is 87.5 Å². The molecule has 0 amide bonds. The first kappa shape index (κ1) is 34.8. The van der Waals surface area contributed by atoms with Gasteiger partial charge in [0.1, 0.15) is 6.10 Å². The lowest BCUT2D eigenvalue weighted by Crippen LogP contribution is -2.37. The molecule has 1 fully saturated rings. The fraction of sp³-hybridized carbons (Fsp3) is 0.353. The van der Waals surface area contributed by atoms with E-state index >= 15 is 0 Å². The predicted molar refractivity (Wildman–Crippen MR) is 177 cm³/mol.